The Morgan fingerprint density at radius 1 is 0.806 bits per heavy atom. The summed E-state index contributed by atoms with van der Waals surface area (Å²) in [5, 5.41) is 29.1. The molecule has 1 aliphatic rings. The van der Waals surface area contributed by atoms with Gasteiger partial charge in [-0.25, -0.2) is 0 Å². The molecule has 0 bridgehead atoms. The van der Waals surface area contributed by atoms with Crippen molar-refractivity contribution in [2.24, 2.45) is 0 Å². The van der Waals surface area contributed by atoms with Gasteiger partial charge in [0.15, 0.2) is 0 Å². The lowest BCUT2D eigenvalue weighted by molar-refractivity contribution is -0.0813. The molecule has 1 heterocycles. The Morgan fingerprint density at radius 3 is 1.84 bits per heavy atom. The third-order valence-corrected chi connectivity index (χ3v) is 6.16. The zero-order chi connectivity index (χ0) is 22.6. The first-order valence-corrected chi connectivity index (χ1v) is 13.0. The van der Waals surface area contributed by atoms with E-state index in [1.54, 1.807) is 0 Å². The number of aliphatic hydroxyl groups excluding tert-OH is 3. The Bertz CT molecular complexity index is 415. The van der Waals surface area contributed by atoms with E-state index in [1.807, 2.05) is 0 Å². The van der Waals surface area contributed by atoms with Crippen LogP contribution in [0.4, 0.5) is 0 Å². The lowest BCUT2D eigenvalue weighted by Gasteiger charge is -2.20. The number of aliphatic hydroxyl groups is 3. The average Bonchev–Trinajstić information content (AvgIpc) is 3.10. The van der Waals surface area contributed by atoms with E-state index in [2.05, 4.69) is 19.1 Å². The van der Waals surface area contributed by atoms with Crippen molar-refractivity contribution in [3.8, 4) is 0 Å². The Kier molecular flexibility index (Phi) is 18.6. The van der Waals surface area contributed by atoms with Gasteiger partial charge in [0.1, 0.15) is 24.4 Å². The summed E-state index contributed by atoms with van der Waals surface area (Å²) in [5.41, 5.74) is 0. The fourth-order valence-electron chi connectivity index (χ4n) is 4.07. The minimum Gasteiger partial charge on any atom is -0.388 e. The predicted octanol–water partition coefficient (Wildman–Crippen LogP) is 5.30. The fourth-order valence-corrected chi connectivity index (χ4v) is 4.07. The van der Waals surface area contributed by atoms with E-state index in [-0.39, 0.29) is 13.2 Å². The molecule has 5 heteroatoms. The zero-order valence-electron chi connectivity index (χ0n) is 20.1. The third kappa shape index (κ3) is 15.1. The number of hydrogen-bond acceptors (Lipinski definition) is 5. The highest BCUT2D eigenvalue weighted by Crippen LogP contribution is 2.18. The van der Waals surface area contributed by atoms with Gasteiger partial charge < -0.3 is 24.8 Å². The van der Waals surface area contributed by atoms with Crippen LogP contribution >= 0.6 is 0 Å². The van der Waals surface area contributed by atoms with Gasteiger partial charge in [0.25, 0.3) is 0 Å². The van der Waals surface area contributed by atoms with Crippen LogP contribution in [-0.2, 0) is 9.47 Å². The minimum atomic E-state index is -1.03. The van der Waals surface area contributed by atoms with Crippen molar-refractivity contribution >= 4 is 0 Å². The summed E-state index contributed by atoms with van der Waals surface area (Å²) in [6, 6.07) is 0. The molecular weight excluding hydrogens is 392 g/mol. The molecule has 0 aliphatic carbocycles. The second kappa shape index (κ2) is 20.2. The van der Waals surface area contributed by atoms with Crippen LogP contribution in [0, 0.1) is 0 Å². The molecule has 1 fully saturated rings. The summed E-state index contributed by atoms with van der Waals surface area (Å²) in [5.74, 6) is 0. The maximum atomic E-state index is 9.96. The Morgan fingerprint density at radius 2 is 1.32 bits per heavy atom. The van der Waals surface area contributed by atoms with Crippen LogP contribution in [0.2, 0.25) is 0 Å². The van der Waals surface area contributed by atoms with Crippen molar-refractivity contribution in [3.63, 3.8) is 0 Å². The highest BCUT2D eigenvalue weighted by Gasteiger charge is 2.39. The van der Waals surface area contributed by atoms with E-state index < -0.39 is 24.4 Å². The minimum absolute atomic E-state index is 0.0674. The summed E-state index contributed by atoms with van der Waals surface area (Å²) in [6.07, 6.45) is 22.0. The second-order valence-electron chi connectivity index (χ2n) is 9.14. The monoisotopic (exact) mass is 442 g/mol. The summed E-state index contributed by atoms with van der Waals surface area (Å²) < 4.78 is 10.7. The van der Waals surface area contributed by atoms with Crippen molar-refractivity contribution in [1.82, 2.24) is 0 Å². The SMILES string of the molecule is CCCCCCCCCC/C=C/CCCCCCCCOC[C@@H](O)[C@H]1OC[C@H](O)[C@H]1O. The lowest BCUT2D eigenvalue weighted by Crippen LogP contribution is -2.40. The molecule has 3 N–H and O–H groups in total. The van der Waals surface area contributed by atoms with E-state index in [9.17, 15) is 15.3 Å². The zero-order valence-corrected chi connectivity index (χ0v) is 20.1. The van der Waals surface area contributed by atoms with E-state index >= 15 is 0 Å². The summed E-state index contributed by atoms with van der Waals surface area (Å²) in [4.78, 5) is 0. The van der Waals surface area contributed by atoms with Crippen molar-refractivity contribution in [2.45, 2.75) is 134 Å². The number of unbranched alkanes of at least 4 members (excludes halogenated alkanes) is 14. The van der Waals surface area contributed by atoms with Gasteiger partial charge in [-0.1, -0.05) is 89.7 Å². The van der Waals surface area contributed by atoms with Gasteiger partial charge in [-0.3, -0.25) is 0 Å². The van der Waals surface area contributed by atoms with Gasteiger partial charge in [0, 0.05) is 6.61 Å². The molecule has 0 aromatic carbocycles. The molecule has 31 heavy (non-hydrogen) atoms. The largest absolute Gasteiger partial charge is 0.388 e. The maximum Gasteiger partial charge on any atom is 0.114 e. The quantitative estimate of drug-likeness (QED) is 0.166. The smallest absolute Gasteiger partial charge is 0.114 e. The standard InChI is InChI=1S/C26H50O5/c1-2-3-4-5-6-7-8-9-10-11-12-13-14-15-16-17-18-19-20-30-21-24(28)26-25(29)23(27)22-31-26/h11-12,23-29H,2-10,13-22H2,1H3/b12-11+/t23-,24+,25+,26+/m0/s1. The molecule has 0 aromatic heterocycles. The van der Waals surface area contributed by atoms with Crippen molar-refractivity contribution in [3.05, 3.63) is 12.2 Å². The van der Waals surface area contributed by atoms with E-state index in [1.165, 1.54) is 89.9 Å². The van der Waals surface area contributed by atoms with Crippen LogP contribution in [0.15, 0.2) is 12.2 Å². The molecule has 1 rings (SSSR count). The van der Waals surface area contributed by atoms with Crippen LogP contribution in [0.3, 0.4) is 0 Å². The molecular formula is C26H50O5. The predicted molar refractivity (Wildman–Crippen MR) is 127 cm³/mol. The maximum absolute atomic E-state index is 9.96. The van der Waals surface area contributed by atoms with E-state index in [0.717, 1.165) is 12.8 Å². The highest BCUT2D eigenvalue weighted by molar-refractivity contribution is 4.87. The van der Waals surface area contributed by atoms with Crippen LogP contribution in [0.5, 0.6) is 0 Å². The first-order chi connectivity index (χ1) is 15.2. The topological polar surface area (TPSA) is 79.2 Å². The molecule has 0 aromatic rings. The van der Waals surface area contributed by atoms with Crippen LogP contribution in [0.1, 0.15) is 110 Å². The van der Waals surface area contributed by atoms with Crippen LogP contribution in [0.25, 0.3) is 0 Å². The second-order valence-corrected chi connectivity index (χ2v) is 9.14. The molecule has 1 aliphatic heterocycles. The van der Waals surface area contributed by atoms with Crippen molar-refractivity contribution < 1.29 is 24.8 Å². The Labute approximate surface area is 191 Å². The average molecular weight is 443 g/mol. The van der Waals surface area contributed by atoms with Gasteiger partial charge >= 0.3 is 0 Å². The fraction of sp³-hybridized carbons (Fsp3) is 0.923. The van der Waals surface area contributed by atoms with Gasteiger partial charge in [-0.15, -0.1) is 0 Å². The normalized spacial score (nSPS) is 22.5. The third-order valence-electron chi connectivity index (χ3n) is 6.16. The van der Waals surface area contributed by atoms with Gasteiger partial charge in [-0.05, 0) is 32.1 Å². The van der Waals surface area contributed by atoms with E-state index in [0.29, 0.717) is 6.61 Å². The molecule has 0 unspecified atom stereocenters. The number of rotatable bonds is 21. The van der Waals surface area contributed by atoms with Crippen molar-refractivity contribution in [2.75, 3.05) is 19.8 Å². The molecule has 0 spiro atoms. The molecule has 184 valence electrons. The molecule has 4 atom stereocenters. The highest BCUT2D eigenvalue weighted by atomic mass is 16.5. The molecule has 0 radical (unpaired) electrons. The van der Waals surface area contributed by atoms with Gasteiger partial charge in [0.2, 0.25) is 0 Å². The Hall–Kier alpha value is -0.460. The molecule has 1 saturated heterocycles. The number of ether oxygens (including phenoxy) is 2. The molecule has 0 saturated carbocycles. The van der Waals surface area contributed by atoms with E-state index in [4.69, 9.17) is 9.47 Å². The first kappa shape index (κ1) is 28.6. The molecule has 0 amide bonds. The summed E-state index contributed by atoms with van der Waals surface area (Å²) >= 11 is 0. The van der Waals surface area contributed by atoms with Crippen LogP contribution in [-0.4, -0.2) is 59.6 Å². The first-order valence-electron chi connectivity index (χ1n) is 13.0. The van der Waals surface area contributed by atoms with Gasteiger partial charge in [-0.2, -0.15) is 0 Å². The van der Waals surface area contributed by atoms with Crippen LogP contribution < -0.4 is 0 Å². The summed E-state index contributed by atoms with van der Waals surface area (Å²) in [6.45, 7) is 3.09. The summed E-state index contributed by atoms with van der Waals surface area (Å²) in [7, 11) is 0. The molecule has 5 nitrogen and oxygen atoms in total. The van der Waals surface area contributed by atoms with Crippen molar-refractivity contribution in [1.29, 1.82) is 0 Å². The van der Waals surface area contributed by atoms with Gasteiger partial charge in [0.05, 0.1) is 13.2 Å². The Balaban J connectivity index is 1.76. The lowest BCUT2D eigenvalue weighted by atomic mass is 10.1. The number of allylic oxidation sites excluding steroid dienone is 2. The number of hydrogen-bond donors (Lipinski definition) is 3.